The smallest absolute Gasteiger partial charge is 0.305 e. The topological polar surface area (TPSA) is 70.5 Å². The number of benzene rings is 1. The molecule has 0 aliphatic carbocycles. The van der Waals surface area contributed by atoms with E-state index < -0.39 is 5.97 Å². The third-order valence-electron chi connectivity index (χ3n) is 3.68. The third kappa shape index (κ3) is 4.64. The molecule has 0 saturated heterocycles. The summed E-state index contributed by atoms with van der Waals surface area (Å²) < 4.78 is 0. The zero-order chi connectivity index (χ0) is 17.7. The minimum atomic E-state index is -0.903. The second kappa shape index (κ2) is 8.06. The molecule has 0 saturated carbocycles. The van der Waals surface area contributed by atoms with Crippen molar-refractivity contribution in [1.29, 1.82) is 0 Å². The van der Waals surface area contributed by atoms with Crippen molar-refractivity contribution in [1.82, 2.24) is 9.88 Å². The molecule has 0 aliphatic heterocycles. The molecule has 0 unspecified atom stereocenters. The van der Waals surface area contributed by atoms with E-state index in [0.717, 1.165) is 10.6 Å². The van der Waals surface area contributed by atoms with Crippen molar-refractivity contribution in [3.63, 3.8) is 0 Å². The summed E-state index contributed by atoms with van der Waals surface area (Å²) in [5, 5.41) is 9.76. The molecule has 0 bridgehead atoms. The lowest BCUT2D eigenvalue weighted by Crippen LogP contribution is -2.38. The summed E-state index contributed by atoms with van der Waals surface area (Å²) in [6, 6.07) is 9.93. The summed E-state index contributed by atoms with van der Waals surface area (Å²) in [6.07, 6.45) is 0.634. The van der Waals surface area contributed by atoms with Gasteiger partial charge in [-0.25, -0.2) is 4.98 Å². The van der Waals surface area contributed by atoms with Crippen LogP contribution in [-0.2, 0) is 11.2 Å². The predicted molar refractivity (Wildman–Crippen MR) is 94.5 cm³/mol. The van der Waals surface area contributed by atoms with Gasteiger partial charge in [0.1, 0.15) is 4.88 Å². The largest absolute Gasteiger partial charge is 0.481 e. The number of aromatic nitrogens is 1. The van der Waals surface area contributed by atoms with Crippen LogP contribution in [0.25, 0.3) is 0 Å². The van der Waals surface area contributed by atoms with Gasteiger partial charge in [-0.1, -0.05) is 30.3 Å². The number of rotatable bonds is 7. The van der Waals surface area contributed by atoms with E-state index in [1.807, 2.05) is 51.1 Å². The Balaban J connectivity index is 2.17. The molecular formula is C18H22N2O3S. The van der Waals surface area contributed by atoms with Crippen molar-refractivity contribution in [3.8, 4) is 0 Å². The highest BCUT2D eigenvalue weighted by Crippen LogP contribution is 2.23. The highest BCUT2D eigenvalue weighted by molar-refractivity contribution is 7.13. The van der Waals surface area contributed by atoms with Gasteiger partial charge in [0, 0.05) is 19.0 Å². The Hall–Kier alpha value is -2.21. The first kappa shape index (κ1) is 18.1. The van der Waals surface area contributed by atoms with E-state index in [9.17, 15) is 9.59 Å². The number of amides is 1. The maximum Gasteiger partial charge on any atom is 0.305 e. The third-order valence-corrected chi connectivity index (χ3v) is 4.83. The van der Waals surface area contributed by atoms with Crippen LogP contribution in [0.2, 0.25) is 0 Å². The first-order valence-corrected chi connectivity index (χ1v) is 8.73. The summed E-state index contributed by atoms with van der Waals surface area (Å²) in [5.74, 6) is -1.04. The van der Waals surface area contributed by atoms with E-state index >= 15 is 0 Å². The number of carboxylic acids is 1. The molecule has 0 spiro atoms. The Bertz CT molecular complexity index is 710. The van der Waals surface area contributed by atoms with Gasteiger partial charge in [0.05, 0.1) is 17.1 Å². The lowest BCUT2D eigenvalue weighted by atomic mass is 10.2. The molecule has 0 fully saturated rings. The molecule has 6 heteroatoms. The number of carboxylic acid groups (broad SMARTS) is 1. The number of hydrogen-bond donors (Lipinski definition) is 1. The summed E-state index contributed by atoms with van der Waals surface area (Å²) in [5.41, 5.74) is 1.86. The fourth-order valence-electron chi connectivity index (χ4n) is 2.44. The monoisotopic (exact) mass is 346 g/mol. The van der Waals surface area contributed by atoms with Crippen molar-refractivity contribution in [3.05, 3.63) is 51.5 Å². The number of hydrogen-bond acceptors (Lipinski definition) is 4. The number of aryl methyl sites for hydroxylation is 1. The summed E-state index contributed by atoms with van der Waals surface area (Å²) in [7, 11) is 0. The molecule has 0 atom stereocenters. The standard InChI is InChI=1S/C18H22N2O3S/c1-12(2)20(10-9-16(21)22)18(23)17-13(3)19-15(24-17)11-14-7-5-4-6-8-14/h4-8,12H,9-11H2,1-3H3,(H,21,22). The van der Waals surface area contributed by atoms with Crippen LogP contribution in [-0.4, -0.2) is 39.5 Å². The minimum Gasteiger partial charge on any atom is -0.481 e. The second-order valence-corrected chi connectivity index (χ2v) is 7.00. The van der Waals surface area contributed by atoms with Crippen LogP contribution in [0, 0.1) is 6.92 Å². The zero-order valence-corrected chi connectivity index (χ0v) is 15.0. The van der Waals surface area contributed by atoms with E-state index in [1.165, 1.54) is 11.3 Å². The molecule has 1 aromatic heterocycles. The van der Waals surface area contributed by atoms with Crippen LogP contribution in [0.15, 0.2) is 30.3 Å². The van der Waals surface area contributed by atoms with Gasteiger partial charge in [0.15, 0.2) is 0 Å². The summed E-state index contributed by atoms with van der Waals surface area (Å²) in [6.45, 7) is 5.81. The molecule has 1 aromatic carbocycles. The molecular weight excluding hydrogens is 324 g/mol. The number of nitrogens with zero attached hydrogens (tertiary/aromatic N) is 2. The number of aliphatic carboxylic acids is 1. The van der Waals surface area contributed by atoms with Crippen LogP contribution in [0.1, 0.15) is 46.2 Å². The Kier molecular flexibility index (Phi) is 6.09. The maximum atomic E-state index is 12.8. The highest BCUT2D eigenvalue weighted by Gasteiger charge is 2.24. The van der Waals surface area contributed by atoms with Crippen LogP contribution < -0.4 is 0 Å². The normalized spacial score (nSPS) is 10.8. The van der Waals surface area contributed by atoms with E-state index in [1.54, 1.807) is 4.90 Å². The van der Waals surface area contributed by atoms with Crippen molar-refractivity contribution in [2.24, 2.45) is 0 Å². The Morgan fingerprint density at radius 2 is 1.92 bits per heavy atom. The van der Waals surface area contributed by atoms with Gasteiger partial charge < -0.3 is 10.0 Å². The van der Waals surface area contributed by atoms with Crippen LogP contribution in [0.4, 0.5) is 0 Å². The predicted octanol–water partition coefficient (Wildman–Crippen LogP) is 3.37. The molecule has 0 aliphatic rings. The molecule has 2 rings (SSSR count). The van der Waals surface area contributed by atoms with E-state index in [4.69, 9.17) is 5.11 Å². The van der Waals surface area contributed by atoms with E-state index in [-0.39, 0.29) is 24.9 Å². The first-order chi connectivity index (χ1) is 11.4. The second-order valence-electron chi connectivity index (χ2n) is 5.92. The minimum absolute atomic E-state index is 0.0569. The molecule has 1 amide bonds. The molecule has 24 heavy (non-hydrogen) atoms. The molecule has 5 nitrogen and oxygen atoms in total. The van der Waals surface area contributed by atoms with Gasteiger partial charge in [-0.3, -0.25) is 9.59 Å². The van der Waals surface area contributed by atoms with Gasteiger partial charge in [-0.2, -0.15) is 0 Å². The summed E-state index contributed by atoms with van der Waals surface area (Å²) in [4.78, 5) is 30.3. The lowest BCUT2D eigenvalue weighted by molar-refractivity contribution is -0.137. The first-order valence-electron chi connectivity index (χ1n) is 7.91. The van der Waals surface area contributed by atoms with Crippen LogP contribution in [0.5, 0.6) is 0 Å². The average molecular weight is 346 g/mol. The fraction of sp³-hybridized carbons (Fsp3) is 0.389. The van der Waals surface area contributed by atoms with Gasteiger partial charge in [-0.15, -0.1) is 11.3 Å². The zero-order valence-electron chi connectivity index (χ0n) is 14.2. The van der Waals surface area contributed by atoms with Gasteiger partial charge in [-0.05, 0) is 26.3 Å². The van der Waals surface area contributed by atoms with Crippen LogP contribution in [0.3, 0.4) is 0 Å². The van der Waals surface area contributed by atoms with Crippen molar-refractivity contribution < 1.29 is 14.7 Å². The average Bonchev–Trinajstić information content (AvgIpc) is 2.88. The quantitative estimate of drug-likeness (QED) is 0.834. The Labute approximate surface area is 146 Å². The number of carbonyl (C=O) groups is 2. The molecule has 2 aromatic rings. The SMILES string of the molecule is Cc1nc(Cc2ccccc2)sc1C(=O)N(CCC(=O)O)C(C)C. The lowest BCUT2D eigenvalue weighted by Gasteiger charge is -2.25. The highest BCUT2D eigenvalue weighted by atomic mass is 32.1. The van der Waals surface area contributed by atoms with Gasteiger partial charge >= 0.3 is 5.97 Å². The van der Waals surface area contributed by atoms with Gasteiger partial charge in [0.25, 0.3) is 5.91 Å². The number of carbonyl (C=O) groups excluding carboxylic acids is 1. The molecule has 0 radical (unpaired) electrons. The van der Waals surface area contributed by atoms with E-state index in [0.29, 0.717) is 17.0 Å². The Morgan fingerprint density at radius 1 is 1.25 bits per heavy atom. The van der Waals surface area contributed by atoms with Gasteiger partial charge in [0.2, 0.25) is 0 Å². The Morgan fingerprint density at radius 3 is 2.50 bits per heavy atom. The molecule has 128 valence electrons. The molecule has 1 heterocycles. The van der Waals surface area contributed by atoms with E-state index in [2.05, 4.69) is 4.98 Å². The van der Waals surface area contributed by atoms with Crippen molar-refractivity contribution in [2.45, 2.75) is 39.7 Å². The number of thiazole rings is 1. The van der Waals surface area contributed by atoms with Crippen molar-refractivity contribution in [2.75, 3.05) is 6.54 Å². The summed E-state index contributed by atoms with van der Waals surface area (Å²) >= 11 is 1.39. The van der Waals surface area contributed by atoms with Crippen molar-refractivity contribution >= 4 is 23.2 Å². The fourth-order valence-corrected chi connectivity index (χ4v) is 3.49. The maximum absolute atomic E-state index is 12.8. The van der Waals surface area contributed by atoms with Crippen LogP contribution >= 0.6 is 11.3 Å². The molecule has 1 N–H and O–H groups in total.